The third-order valence-corrected chi connectivity index (χ3v) is 3.64. The summed E-state index contributed by atoms with van der Waals surface area (Å²) in [7, 11) is 0. The average Bonchev–Trinajstić information content (AvgIpc) is 2.48. The molecule has 0 heterocycles. The number of nitrogens with one attached hydrogen (secondary N) is 1. The Morgan fingerprint density at radius 2 is 1.90 bits per heavy atom. The molecule has 2 rings (SSSR count). The van der Waals surface area contributed by atoms with Gasteiger partial charge in [-0.2, -0.15) is 0 Å². The van der Waals surface area contributed by atoms with Crippen LogP contribution in [0.5, 0.6) is 11.5 Å². The third-order valence-electron chi connectivity index (χ3n) is 2.89. The van der Waals surface area contributed by atoms with Crippen molar-refractivity contribution in [3.05, 3.63) is 53.8 Å². The molecule has 0 aliphatic heterocycles. The Morgan fingerprint density at radius 3 is 2.55 bits per heavy atom. The van der Waals surface area contributed by atoms with Crippen LogP contribution in [0.2, 0.25) is 0 Å². The molecule has 2 aromatic carbocycles. The van der Waals surface area contributed by atoms with E-state index in [1.807, 2.05) is 43.5 Å². The molecule has 1 N–H and O–H groups in total. The summed E-state index contributed by atoms with van der Waals surface area (Å²) in [6.45, 7) is 3.44. The molecule has 2 nitrogen and oxygen atoms in total. The van der Waals surface area contributed by atoms with Crippen molar-refractivity contribution in [1.29, 1.82) is 0 Å². The summed E-state index contributed by atoms with van der Waals surface area (Å²) >= 11 is 1.66. The smallest absolute Gasteiger partial charge is 0.167 e. The number of hydrogen-bond acceptors (Lipinski definition) is 3. The molecule has 0 radical (unpaired) electrons. The summed E-state index contributed by atoms with van der Waals surface area (Å²) in [5.74, 6) is 0.602. The average molecular weight is 291 g/mol. The summed E-state index contributed by atoms with van der Waals surface area (Å²) < 4.78 is 19.7. The number of hydrogen-bond donors (Lipinski definition) is 1. The number of benzene rings is 2. The first kappa shape index (κ1) is 14.9. The molecule has 0 amide bonds. The lowest BCUT2D eigenvalue weighted by Gasteiger charge is -2.12. The van der Waals surface area contributed by atoms with Gasteiger partial charge in [0.2, 0.25) is 0 Å². The quantitative estimate of drug-likeness (QED) is 0.795. The van der Waals surface area contributed by atoms with Gasteiger partial charge in [-0.1, -0.05) is 19.1 Å². The van der Waals surface area contributed by atoms with Crippen molar-refractivity contribution >= 4 is 11.8 Å². The van der Waals surface area contributed by atoms with Gasteiger partial charge in [-0.25, -0.2) is 4.39 Å². The third kappa shape index (κ3) is 3.74. The fourth-order valence-corrected chi connectivity index (χ4v) is 2.24. The van der Waals surface area contributed by atoms with E-state index in [0.717, 1.165) is 17.0 Å². The standard InChI is InChI=1S/C16H18FNOS/c1-3-18-11-12-5-4-6-15(17)16(12)19-13-7-9-14(20-2)10-8-13/h4-10,18H,3,11H2,1-2H3. The molecular weight excluding hydrogens is 273 g/mol. The minimum absolute atomic E-state index is 0.297. The van der Waals surface area contributed by atoms with Crippen molar-refractivity contribution in [2.75, 3.05) is 12.8 Å². The van der Waals surface area contributed by atoms with Gasteiger partial charge in [-0.15, -0.1) is 11.8 Å². The molecule has 0 bridgehead atoms. The predicted molar refractivity (Wildman–Crippen MR) is 82.1 cm³/mol. The van der Waals surface area contributed by atoms with Gasteiger partial charge in [0.15, 0.2) is 11.6 Å². The zero-order valence-corrected chi connectivity index (χ0v) is 12.5. The van der Waals surface area contributed by atoms with Crippen LogP contribution in [0.3, 0.4) is 0 Å². The molecule has 4 heteroatoms. The van der Waals surface area contributed by atoms with Crippen LogP contribution in [-0.2, 0) is 6.54 Å². The van der Waals surface area contributed by atoms with E-state index in [-0.39, 0.29) is 5.82 Å². The Morgan fingerprint density at radius 1 is 1.15 bits per heavy atom. The van der Waals surface area contributed by atoms with Gasteiger partial charge >= 0.3 is 0 Å². The van der Waals surface area contributed by atoms with Crippen LogP contribution in [0.1, 0.15) is 12.5 Å². The van der Waals surface area contributed by atoms with Gasteiger partial charge in [0.1, 0.15) is 5.75 Å². The Hall–Kier alpha value is -1.52. The fraction of sp³-hybridized carbons (Fsp3) is 0.250. The molecular formula is C16H18FNOS. The molecule has 0 aliphatic rings. The summed E-state index contributed by atoms with van der Waals surface area (Å²) in [5, 5.41) is 3.19. The maximum absolute atomic E-state index is 14.0. The second-order valence-corrected chi connectivity index (χ2v) is 5.17. The van der Waals surface area contributed by atoms with E-state index in [2.05, 4.69) is 5.32 Å². The maximum atomic E-state index is 14.0. The van der Waals surface area contributed by atoms with Crippen LogP contribution in [0, 0.1) is 5.82 Å². The highest BCUT2D eigenvalue weighted by Crippen LogP contribution is 2.29. The summed E-state index contributed by atoms with van der Waals surface area (Å²) in [6.07, 6.45) is 2.02. The molecule has 0 atom stereocenters. The molecule has 0 aliphatic carbocycles. The predicted octanol–water partition coefficient (Wildman–Crippen LogP) is 4.45. The highest BCUT2D eigenvalue weighted by atomic mass is 32.2. The van der Waals surface area contributed by atoms with Gasteiger partial charge in [0.05, 0.1) is 0 Å². The first-order valence-electron chi connectivity index (χ1n) is 6.54. The fourth-order valence-electron chi connectivity index (χ4n) is 1.83. The minimum atomic E-state index is -0.339. The SMILES string of the molecule is CCNCc1cccc(F)c1Oc1ccc(SC)cc1. The molecule has 106 valence electrons. The van der Waals surface area contributed by atoms with E-state index in [1.165, 1.54) is 6.07 Å². The number of halogens is 1. The molecule has 0 fully saturated rings. The molecule has 0 spiro atoms. The molecule has 0 saturated heterocycles. The Kier molecular flexibility index (Phi) is 5.44. The molecule has 0 aromatic heterocycles. The van der Waals surface area contributed by atoms with Gasteiger partial charge in [-0.3, -0.25) is 0 Å². The lowest BCUT2D eigenvalue weighted by Crippen LogP contribution is -2.12. The van der Waals surface area contributed by atoms with Crippen molar-refractivity contribution in [2.24, 2.45) is 0 Å². The maximum Gasteiger partial charge on any atom is 0.167 e. The van der Waals surface area contributed by atoms with E-state index >= 15 is 0 Å². The van der Waals surface area contributed by atoms with Crippen LogP contribution in [0.15, 0.2) is 47.4 Å². The van der Waals surface area contributed by atoms with E-state index in [9.17, 15) is 4.39 Å². The van der Waals surface area contributed by atoms with Gasteiger partial charge < -0.3 is 10.1 Å². The van der Waals surface area contributed by atoms with E-state index in [4.69, 9.17) is 4.74 Å². The van der Waals surface area contributed by atoms with Crippen molar-refractivity contribution in [1.82, 2.24) is 5.32 Å². The largest absolute Gasteiger partial charge is 0.454 e. The Bertz CT molecular complexity index is 557. The van der Waals surface area contributed by atoms with Crippen molar-refractivity contribution in [3.8, 4) is 11.5 Å². The van der Waals surface area contributed by atoms with E-state index in [0.29, 0.717) is 18.0 Å². The second-order valence-electron chi connectivity index (χ2n) is 4.29. The zero-order valence-electron chi connectivity index (χ0n) is 11.7. The van der Waals surface area contributed by atoms with E-state index < -0.39 is 0 Å². The van der Waals surface area contributed by atoms with Crippen LogP contribution < -0.4 is 10.1 Å². The molecule has 0 saturated carbocycles. The van der Waals surface area contributed by atoms with Crippen LogP contribution >= 0.6 is 11.8 Å². The number of ether oxygens (including phenoxy) is 1. The lowest BCUT2D eigenvalue weighted by atomic mass is 10.2. The Labute approximate surface area is 123 Å². The zero-order chi connectivity index (χ0) is 14.4. The van der Waals surface area contributed by atoms with Crippen molar-refractivity contribution in [2.45, 2.75) is 18.4 Å². The number of rotatable bonds is 6. The van der Waals surface area contributed by atoms with Crippen molar-refractivity contribution < 1.29 is 9.13 Å². The topological polar surface area (TPSA) is 21.3 Å². The van der Waals surface area contributed by atoms with Gasteiger partial charge in [0, 0.05) is 17.0 Å². The van der Waals surface area contributed by atoms with E-state index in [1.54, 1.807) is 17.8 Å². The molecule has 0 unspecified atom stereocenters. The Balaban J connectivity index is 2.22. The number of thioether (sulfide) groups is 1. The summed E-state index contributed by atoms with van der Waals surface area (Å²) in [5.41, 5.74) is 0.820. The monoisotopic (exact) mass is 291 g/mol. The number of para-hydroxylation sites is 1. The van der Waals surface area contributed by atoms with Gasteiger partial charge in [0.25, 0.3) is 0 Å². The van der Waals surface area contributed by atoms with Crippen LogP contribution in [-0.4, -0.2) is 12.8 Å². The highest BCUT2D eigenvalue weighted by molar-refractivity contribution is 7.98. The van der Waals surface area contributed by atoms with Crippen LogP contribution in [0.25, 0.3) is 0 Å². The minimum Gasteiger partial charge on any atom is -0.454 e. The van der Waals surface area contributed by atoms with Gasteiger partial charge in [-0.05, 0) is 43.1 Å². The lowest BCUT2D eigenvalue weighted by molar-refractivity contribution is 0.433. The second kappa shape index (κ2) is 7.31. The first-order chi connectivity index (χ1) is 9.74. The first-order valence-corrected chi connectivity index (χ1v) is 7.77. The van der Waals surface area contributed by atoms with Crippen LogP contribution in [0.4, 0.5) is 4.39 Å². The normalized spacial score (nSPS) is 10.6. The summed E-state index contributed by atoms with van der Waals surface area (Å²) in [4.78, 5) is 1.15. The van der Waals surface area contributed by atoms with Crippen molar-refractivity contribution in [3.63, 3.8) is 0 Å². The highest BCUT2D eigenvalue weighted by Gasteiger charge is 2.10. The summed E-state index contributed by atoms with van der Waals surface area (Å²) in [6, 6.07) is 12.6. The molecule has 20 heavy (non-hydrogen) atoms. The molecule has 2 aromatic rings.